The molecule has 1 atom stereocenters. The number of nitriles is 1. The van der Waals surface area contributed by atoms with Crippen LogP contribution < -0.4 is 4.74 Å². The highest BCUT2D eigenvalue weighted by Gasteiger charge is 2.27. The highest BCUT2D eigenvalue weighted by molar-refractivity contribution is 6.39. The number of halogens is 2. The van der Waals surface area contributed by atoms with Gasteiger partial charge in [-0.2, -0.15) is 5.26 Å². The second-order valence-corrected chi connectivity index (χ2v) is 9.39. The molecule has 1 fully saturated rings. The van der Waals surface area contributed by atoms with Crippen LogP contribution in [0.1, 0.15) is 33.2 Å². The van der Waals surface area contributed by atoms with Crippen molar-refractivity contribution < 1.29 is 14.3 Å². The van der Waals surface area contributed by atoms with E-state index in [9.17, 15) is 4.79 Å². The molecule has 0 aromatic heterocycles. The predicted molar refractivity (Wildman–Crippen MR) is 140 cm³/mol. The standard InChI is InChI=1S/C28H27Cl2N3O3/c1-35-23-5-2-4-22(16-23)26(36-19-21-10-8-20(17-31)9-11-21)18-32-12-14-33(15-13-32)28(34)27-24(29)6-3-7-25(27)30/h2-11,16,26H,12-15,18-19H2,1H3/t26-/m1/s1. The maximum absolute atomic E-state index is 13.0. The van der Waals surface area contributed by atoms with E-state index in [1.54, 1.807) is 42.3 Å². The third-order valence-corrected chi connectivity index (χ3v) is 6.89. The van der Waals surface area contributed by atoms with Crippen LogP contribution in [0.5, 0.6) is 5.75 Å². The summed E-state index contributed by atoms with van der Waals surface area (Å²) in [6.07, 6.45) is -0.198. The van der Waals surface area contributed by atoms with Crippen molar-refractivity contribution in [2.75, 3.05) is 39.8 Å². The molecule has 0 bridgehead atoms. The van der Waals surface area contributed by atoms with Gasteiger partial charge in [0.25, 0.3) is 5.91 Å². The molecule has 4 rings (SSSR count). The van der Waals surface area contributed by atoms with Crippen molar-refractivity contribution in [3.63, 3.8) is 0 Å². The zero-order valence-electron chi connectivity index (χ0n) is 20.0. The van der Waals surface area contributed by atoms with Crippen LogP contribution in [0.15, 0.2) is 66.7 Å². The lowest BCUT2D eigenvalue weighted by Crippen LogP contribution is -2.49. The summed E-state index contributed by atoms with van der Waals surface area (Å²) in [5.74, 6) is 0.623. The Bertz CT molecular complexity index is 1220. The molecule has 1 aliphatic rings. The highest BCUT2D eigenvalue weighted by atomic mass is 35.5. The topological polar surface area (TPSA) is 65.8 Å². The van der Waals surface area contributed by atoms with E-state index in [4.69, 9.17) is 37.9 Å². The number of piperazine rings is 1. The number of hydrogen-bond donors (Lipinski definition) is 0. The van der Waals surface area contributed by atoms with E-state index in [-0.39, 0.29) is 12.0 Å². The number of ether oxygens (including phenoxy) is 2. The Morgan fingerprint density at radius 1 is 1.00 bits per heavy atom. The van der Waals surface area contributed by atoms with Gasteiger partial charge in [0.1, 0.15) is 5.75 Å². The first-order valence-electron chi connectivity index (χ1n) is 11.7. The fraction of sp³-hybridized carbons (Fsp3) is 0.286. The van der Waals surface area contributed by atoms with Gasteiger partial charge in [-0.15, -0.1) is 0 Å². The van der Waals surface area contributed by atoms with E-state index in [0.717, 1.165) is 16.9 Å². The number of methoxy groups -OCH3 is 1. The predicted octanol–water partition coefficient (Wildman–Crippen LogP) is 5.59. The molecular formula is C28H27Cl2N3O3. The average Bonchev–Trinajstić information content (AvgIpc) is 2.91. The molecule has 0 N–H and O–H groups in total. The summed E-state index contributed by atoms with van der Waals surface area (Å²) in [5, 5.41) is 9.77. The monoisotopic (exact) mass is 523 g/mol. The zero-order valence-corrected chi connectivity index (χ0v) is 21.5. The van der Waals surface area contributed by atoms with Gasteiger partial charge < -0.3 is 14.4 Å². The molecular weight excluding hydrogens is 497 g/mol. The van der Waals surface area contributed by atoms with Crippen LogP contribution in [-0.4, -0.2) is 55.5 Å². The second-order valence-electron chi connectivity index (χ2n) is 8.57. The Labute approximate surface area is 221 Å². The minimum atomic E-state index is -0.198. The van der Waals surface area contributed by atoms with Crippen LogP contribution in [0, 0.1) is 11.3 Å². The minimum Gasteiger partial charge on any atom is -0.497 e. The van der Waals surface area contributed by atoms with Crippen molar-refractivity contribution in [2.24, 2.45) is 0 Å². The first kappa shape index (κ1) is 26.0. The van der Waals surface area contributed by atoms with Crippen LogP contribution in [0.25, 0.3) is 0 Å². The molecule has 3 aromatic carbocycles. The van der Waals surface area contributed by atoms with Crippen LogP contribution in [0.3, 0.4) is 0 Å². The number of amides is 1. The van der Waals surface area contributed by atoms with Crippen molar-refractivity contribution in [3.8, 4) is 11.8 Å². The molecule has 0 radical (unpaired) electrons. The molecule has 3 aromatic rings. The van der Waals surface area contributed by atoms with Crippen LogP contribution in [-0.2, 0) is 11.3 Å². The van der Waals surface area contributed by atoms with Crippen LogP contribution in [0.2, 0.25) is 10.0 Å². The number of nitrogens with zero attached hydrogens (tertiary/aromatic N) is 3. The lowest BCUT2D eigenvalue weighted by atomic mass is 10.1. The Morgan fingerprint density at radius 2 is 1.67 bits per heavy atom. The smallest absolute Gasteiger partial charge is 0.256 e. The van der Waals surface area contributed by atoms with Gasteiger partial charge in [0.2, 0.25) is 0 Å². The van der Waals surface area contributed by atoms with E-state index >= 15 is 0 Å². The molecule has 6 nitrogen and oxygen atoms in total. The van der Waals surface area contributed by atoms with Gasteiger partial charge in [-0.05, 0) is 47.5 Å². The fourth-order valence-corrected chi connectivity index (χ4v) is 4.76. The van der Waals surface area contributed by atoms with E-state index < -0.39 is 0 Å². The third kappa shape index (κ3) is 6.37. The summed E-state index contributed by atoms with van der Waals surface area (Å²) in [6, 6.07) is 22.5. The van der Waals surface area contributed by atoms with Crippen LogP contribution in [0.4, 0.5) is 0 Å². The third-order valence-electron chi connectivity index (χ3n) is 6.26. The van der Waals surface area contributed by atoms with Gasteiger partial charge in [-0.25, -0.2) is 0 Å². The van der Waals surface area contributed by atoms with Gasteiger partial charge in [0, 0.05) is 32.7 Å². The molecule has 1 amide bonds. The Kier molecular flexibility index (Phi) is 8.84. The molecule has 36 heavy (non-hydrogen) atoms. The Hall–Kier alpha value is -3.08. The summed E-state index contributed by atoms with van der Waals surface area (Å²) in [7, 11) is 1.65. The number of rotatable bonds is 8. The minimum absolute atomic E-state index is 0.147. The molecule has 0 aliphatic carbocycles. The van der Waals surface area contributed by atoms with Crippen molar-refractivity contribution in [3.05, 3.63) is 99.0 Å². The lowest BCUT2D eigenvalue weighted by molar-refractivity contribution is 0.00334. The summed E-state index contributed by atoms with van der Waals surface area (Å²) in [4.78, 5) is 17.1. The van der Waals surface area contributed by atoms with Gasteiger partial charge in [0.15, 0.2) is 0 Å². The summed E-state index contributed by atoms with van der Waals surface area (Å²) >= 11 is 12.5. The Morgan fingerprint density at radius 3 is 2.31 bits per heavy atom. The fourth-order valence-electron chi connectivity index (χ4n) is 4.20. The first-order chi connectivity index (χ1) is 17.5. The van der Waals surface area contributed by atoms with E-state index in [0.29, 0.717) is 60.5 Å². The van der Waals surface area contributed by atoms with Gasteiger partial charge in [-0.1, -0.05) is 53.5 Å². The maximum Gasteiger partial charge on any atom is 0.256 e. The largest absolute Gasteiger partial charge is 0.497 e. The number of hydrogen-bond acceptors (Lipinski definition) is 5. The first-order valence-corrected chi connectivity index (χ1v) is 12.4. The maximum atomic E-state index is 13.0. The summed E-state index contributed by atoms with van der Waals surface area (Å²) in [5.41, 5.74) is 2.99. The number of benzene rings is 3. The van der Waals surface area contributed by atoms with Crippen molar-refractivity contribution >= 4 is 29.1 Å². The molecule has 8 heteroatoms. The number of carbonyl (C=O) groups excluding carboxylic acids is 1. The normalized spacial score (nSPS) is 14.8. The van der Waals surface area contributed by atoms with Crippen molar-refractivity contribution in [1.82, 2.24) is 9.80 Å². The van der Waals surface area contributed by atoms with E-state index in [2.05, 4.69) is 11.0 Å². The van der Waals surface area contributed by atoms with Crippen molar-refractivity contribution in [1.29, 1.82) is 5.26 Å². The second kappa shape index (κ2) is 12.2. The van der Waals surface area contributed by atoms with E-state index in [1.165, 1.54) is 0 Å². The molecule has 1 saturated heterocycles. The quantitative estimate of drug-likeness (QED) is 0.385. The molecule has 1 heterocycles. The van der Waals surface area contributed by atoms with Gasteiger partial charge in [0.05, 0.1) is 47.1 Å². The molecule has 0 saturated carbocycles. The van der Waals surface area contributed by atoms with Crippen molar-refractivity contribution in [2.45, 2.75) is 12.7 Å². The molecule has 1 aliphatic heterocycles. The van der Waals surface area contributed by atoms with Crippen LogP contribution >= 0.6 is 23.2 Å². The molecule has 0 spiro atoms. The Balaban J connectivity index is 1.42. The van der Waals surface area contributed by atoms with Gasteiger partial charge >= 0.3 is 0 Å². The highest BCUT2D eigenvalue weighted by Crippen LogP contribution is 2.28. The summed E-state index contributed by atoms with van der Waals surface area (Å²) in [6.45, 7) is 3.63. The van der Waals surface area contributed by atoms with E-state index in [1.807, 2.05) is 36.4 Å². The molecule has 0 unspecified atom stereocenters. The lowest BCUT2D eigenvalue weighted by Gasteiger charge is -2.36. The molecule has 186 valence electrons. The zero-order chi connectivity index (χ0) is 25.5. The van der Waals surface area contributed by atoms with Gasteiger partial charge in [-0.3, -0.25) is 9.69 Å². The SMILES string of the molecule is COc1cccc([C@@H](CN2CCN(C(=O)c3c(Cl)cccc3Cl)CC2)OCc2ccc(C#N)cc2)c1. The summed E-state index contributed by atoms with van der Waals surface area (Å²) < 4.78 is 11.8. The number of carbonyl (C=O) groups is 1. The average molecular weight is 524 g/mol.